The standard InChI is InChI=1S/C25H31N5O2/c26-23-29-25(19-11-3-1-4-12-19,20-13-5-2-6-14-20)22(31)30(23)18-10-9-17-27-24(32)28-21-15-7-8-16-21/h1-6,11-14,21H,7-10,15-18H2,(H2,26,29)(H2,27,28,32). The minimum Gasteiger partial charge on any atom is -0.369 e. The van der Waals surface area contributed by atoms with Crippen molar-refractivity contribution in [3.05, 3.63) is 71.8 Å². The number of nitrogens with two attached hydrogens (primary N) is 1. The molecule has 1 aliphatic heterocycles. The Morgan fingerprint density at radius 3 is 2.19 bits per heavy atom. The second kappa shape index (κ2) is 9.85. The molecule has 3 amide bonds. The zero-order valence-electron chi connectivity index (χ0n) is 18.3. The van der Waals surface area contributed by atoms with Crippen LogP contribution >= 0.6 is 0 Å². The number of hydrogen-bond acceptors (Lipinski definition) is 4. The van der Waals surface area contributed by atoms with Gasteiger partial charge in [0.05, 0.1) is 0 Å². The van der Waals surface area contributed by atoms with Crippen molar-refractivity contribution in [2.24, 2.45) is 10.7 Å². The summed E-state index contributed by atoms with van der Waals surface area (Å²) in [6.45, 7) is 1.02. The summed E-state index contributed by atoms with van der Waals surface area (Å²) in [6.07, 6.45) is 5.96. The predicted octanol–water partition coefficient (Wildman–Crippen LogP) is 3.11. The average Bonchev–Trinajstić information content (AvgIpc) is 3.41. The number of rotatable bonds is 8. The van der Waals surface area contributed by atoms with Crippen LogP contribution in [0.5, 0.6) is 0 Å². The molecule has 4 rings (SSSR count). The fourth-order valence-electron chi connectivity index (χ4n) is 4.60. The molecule has 7 heteroatoms. The normalized spacial score (nSPS) is 17.9. The first-order chi connectivity index (χ1) is 15.6. The lowest BCUT2D eigenvalue weighted by atomic mass is 9.83. The second-order valence-corrected chi connectivity index (χ2v) is 8.46. The molecule has 7 nitrogen and oxygen atoms in total. The molecular formula is C25H31N5O2. The summed E-state index contributed by atoms with van der Waals surface area (Å²) in [5, 5.41) is 5.93. The number of aliphatic imine (C=N–C) groups is 1. The Morgan fingerprint density at radius 1 is 1.00 bits per heavy atom. The largest absolute Gasteiger partial charge is 0.369 e. The van der Waals surface area contributed by atoms with E-state index in [-0.39, 0.29) is 17.9 Å². The molecule has 32 heavy (non-hydrogen) atoms. The third kappa shape index (κ3) is 4.47. The van der Waals surface area contributed by atoms with Crippen molar-refractivity contribution in [1.29, 1.82) is 0 Å². The van der Waals surface area contributed by atoms with Crippen LogP contribution in [0, 0.1) is 0 Å². The van der Waals surface area contributed by atoms with E-state index in [1.807, 2.05) is 60.7 Å². The zero-order chi connectivity index (χ0) is 22.4. The Morgan fingerprint density at radius 2 is 1.59 bits per heavy atom. The van der Waals surface area contributed by atoms with Gasteiger partial charge in [0.25, 0.3) is 5.91 Å². The molecule has 0 bridgehead atoms. The van der Waals surface area contributed by atoms with E-state index in [0.29, 0.717) is 25.6 Å². The van der Waals surface area contributed by atoms with Gasteiger partial charge in [-0.1, -0.05) is 73.5 Å². The Bertz CT molecular complexity index is 915. The number of carbonyl (C=O) groups excluding carboxylic acids is 2. The predicted molar refractivity (Wildman–Crippen MR) is 125 cm³/mol. The van der Waals surface area contributed by atoms with Crippen molar-refractivity contribution >= 4 is 17.9 Å². The van der Waals surface area contributed by atoms with E-state index in [1.165, 1.54) is 12.8 Å². The molecule has 4 N–H and O–H groups in total. The van der Waals surface area contributed by atoms with Crippen LogP contribution in [0.3, 0.4) is 0 Å². The van der Waals surface area contributed by atoms with Crippen molar-refractivity contribution in [2.45, 2.75) is 50.1 Å². The number of urea groups is 1. The van der Waals surface area contributed by atoms with Gasteiger partial charge in [0.1, 0.15) is 0 Å². The Kier molecular flexibility index (Phi) is 6.73. The minimum atomic E-state index is -1.16. The molecule has 2 aromatic rings. The van der Waals surface area contributed by atoms with Crippen LogP contribution in [0.1, 0.15) is 49.7 Å². The van der Waals surface area contributed by atoms with Crippen LogP contribution in [-0.2, 0) is 10.3 Å². The number of nitrogens with zero attached hydrogens (tertiary/aromatic N) is 2. The molecule has 1 heterocycles. The zero-order valence-corrected chi connectivity index (χ0v) is 18.3. The van der Waals surface area contributed by atoms with Gasteiger partial charge in [-0.15, -0.1) is 0 Å². The molecule has 0 saturated heterocycles. The van der Waals surface area contributed by atoms with Gasteiger partial charge in [0, 0.05) is 19.1 Å². The van der Waals surface area contributed by atoms with E-state index in [0.717, 1.165) is 30.4 Å². The van der Waals surface area contributed by atoms with Gasteiger partial charge >= 0.3 is 6.03 Å². The van der Waals surface area contributed by atoms with Crippen LogP contribution in [0.4, 0.5) is 4.79 Å². The SMILES string of the molecule is NC1=NC(c2ccccc2)(c2ccccc2)C(=O)N1CCCCNC(=O)NC1CCCC1. The molecule has 1 aliphatic carbocycles. The quantitative estimate of drug-likeness (QED) is 0.558. The number of amides is 3. The molecular weight excluding hydrogens is 402 g/mol. The van der Waals surface area contributed by atoms with Crippen molar-refractivity contribution in [2.75, 3.05) is 13.1 Å². The van der Waals surface area contributed by atoms with E-state index >= 15 is 0 Å². The molecule has 0 radical (unpaired) electrons. The molecule has 0 unspecified atom stereocenters. The maximum absolute atomic E-state index is 13.7. The van der Waals surface area contributed by atoms with Crippen molar-refractivity contribution in [1.82, 2.24) is 15.5 Å². The topological polar surface area (TPSA) is 99.8 Å². The van der Waals surface area contributed by atoms with Crippen LogP contribution in [0.15, 0.2) is 65.7 Å². The van der Waals surface area contributed by atoms with E-state index < -0.39 is 5.54 Å². The summed E-state index contributed by atoms with van der Waals surface area (Å²) in [6, 6.07) is 19.3. The molecule has 2 aromatic carbocycles. The minimum absolute atomic E-state index is 0.109. The number of unbranched alkanes of at least 4 members (excludes halogenated alkanes) is 1. The molecule has 1 saturated carbocycles. The Hall–Kier alpha value is -3.35. The van der Waals surface area contributed by atoms with Crippen LogP contribution in [0.2, 0.25) is 0 Å². The highest BCUT2D eigenvalue weighted by Gasteiger charge is 2.50. The molecule has 2 aliphatic rings. The van der Waals surface area contributed by atoms with Gasteiger partial charge in [0.15, 0.2) is 11.5 Å². The first-order valence-electron chi connectivity index (χ1n) is 11.4. The van der Waals surface area contributed by atoms with Gasteiger partial charge in [-0.3, -0.25) is 9.69 Å². The maximum atomic E-state index is 13.7. The number of hydrogen-bond donors (Lipinski definition) is 3. The highest BCUT2D eigenvalue weighted by molar-refractivity contribution is 6.09. The molecule has 0 aromatic heterocycles. The average molecular weight is 434 g/mol. The van der Waals surface area contributed by atoms with Crippen LogP contribution in [-0.4, -0.2) is 41.9 Å². The van der Waals surface area contributed by atoms with E-state index in [4.69, 9.17) is 10.7 Å². The van der Waals surface area contributed by atoms with Gasteiger partial charge in [-0.05, 0) is 36.8 Å². The highest BCUT2D eigenvalue weighted by Crippen LogP contribution is 2.39. The van der Waals surface area contributed by atoms with Gasteiger partial charge < -0.3 is 16.4 Å². The summed E-state index contributed by atoms with van der Waals surface area (Å²) in [7, 11) is 0. The second-order valence-electron chi connectivity index (χ2n) is 8.46. The molecule has 1 fully saturated rings. The van der Waals surface area contributed by atoms with Crippen molar-refractivity contribution in [3.63, 3.8) is 0 Å². The lowest BCUT2D eigenvalue weighted by molar-refractivity contribution is -0.130. The van der Waals surface area contributed by atoms with E-state index in [2.05, 4.69) is 10.6 Å². The number of benzene rings is 2. The Labute approximate surface area is 189 Å². The first-order valence-corrected chi connectivity index (χ1v) is 11.4. The van der Waals surface area contributed by atoms with Crippen molar-refractivity contribution < 1.29 is 9.59 Å². The molecule has 0 spiro atoms. The third-order valence-electron chi connectivity index (χ3n) is 6.28. The number of carbonyl (C=O) groups is 2. The van der Waals surface area contributed by atoms with E-state index in [1.54, 1.807) is 4.90 Å². The fourth-order valence-corrected chi connectivity index (χ4v) is 4.60. The summed E-state index contributed by atoms with van der Waals surface area (Å²) < 4.78 is 0. The smallest absolute Gasteiger partial charge is 0.315 e. The Balaban J connectivity index is 1.37. The summed E-state index contributed by atoms with van der Waals surface area (Å²) >= 11 is 0. The third-order valence-corrected chi connectivity index (χ3v) is 6.28. The van der Waals surface area contributed by atoms with Gasteiger partial charge in [-0.2, -0.15) is 0 Å². The molecule has 0 atom stereocenters. The first kappa shape index (κ1) is 21.9. The van der Waals surface area contributed by atoms with Gasteiger partial charge in [0.2, 0.25) is 0 Å². The molecule has 168 valence electrons. The van der Waals surface area contributed by atoms with Crippen molar-refractivity contribution in [3.8, 4) is 0 Å². The maximum Gasteiger partial charge on any atom is 0.315 e. The lowest BCUT2D eigenvalue weighted by Gasteiger charge is -2.27. The fraction of sp³-hybridized carbons (Fsp3) is 0.400. The summed E-state index contributed by atoms with van der Waals surface area (Å²) in [5.74, 6) is 0.0916. The monoisotopic (exact) mass is 433 g/mol. The number of guanidine groups is 1. The summed E-state index contributed by atoms with van der Waals surface area (Å²) in [4.78, 5) is 31.9. The van der Waals surface area contributed by atoms with E-state index in [9.17, 15) is 9.59 Å². The number of nitrogens with one attached hydrogen (secondary N) is 2. The van der Waals surface area contributed by atoms with Gasteiger partial charge in [-0.25, -0.2) is 9.79 Å². The summed E-state index contributed by atoms with van der Waals surface area (Å²) in [5.41, 5.74) is 6.68. The highest BCUT2D eigenvalue weighted by atomic mass is 16.2. The van der Waals surface area contributed by atoms with Crippen LogP contribution in [0.25, 0.3) is 0 Å². The lowest BCUT2D eigenvalue weighted by Crippen LogP contribution is -2.44. The van der Waals surface area contributed by atoms with Crippen LogP contribution < -0.4 is 16.4 Å².